The average Bonchev–Trinajstić information content (AvgIpc) is 2.33. The second-order valence-electron chi connectivity index (χ2n) is 4.15. The Kier molecular flexibility index (Phi) is 3.78. The van der Waals surface area contributed by atoms with Gasteiger partial charge in [-0.15, -0.1) is 0 Å². The lowest BCUT2D eigenvalue weighted by Crippen LogP contribution is -2.62. The summed E-state index contributed by atoms with van der Waals surface area (Å²) in [4.78, 5) is 27.1. The number of alkyl halides is 2. The Balaban J connectivity index is 2.25. The van der Waals surface area contributed by atoms with Crippen LogP contribution in [0.4, 0.5) is 8.78 Å². The molecule has 0 aromatic heterocycles. The number of esters is 1. The van der Waals surface area contributed by atoms with Gasteiger partial charge in [-0.3, -0.25) is 0 Å². The van der Waals surface area contributed by atoms with E-state index in [1.807, 2.05) is 0 Å². The second kappa shape index (κ2) is 5.19. The van der Waals surface area contributed by atoms with Crippen LogP contribution < -0.4 is 0 Å². The van der Waals surface area contributed by atoms with E-state index in [0.29, 0.717) is 5.06 Å². The first-order chi connectivity index (χ1) is 8.90. The Morgan fingerprint density at radius 1 is 1.21 bits per heavy atom. The molecule has 1 fully saturated rings. The first-order valence-corrected chi connectivity index (χ1v) is 5.41. The molecule has 19 heavy (non-hydrogen) atoms. The van der Waals surface area contributed by atoms with E-state index in [-0.39, 0.29) is 0 Å². The van der Waals surface area contributed by atoms with Gasteiger partial charge < -0.3 is 19.8 Å². The van der Waals surface area contributed by atoms with E-state index < -0.39 is 49.3 Å². The van der Waals surface area contributed by atoms with Crippen LogP contribution in [0, 0.1) is 5.92 Å². The molecule has 0 radical (unpaired) electrons. The summed E-state index contributed by atoms with van der Waals surface area (Å²) < 4.78 is 30.1. The second-order valence-corrected chi connectivity index (χ2v) is 4.15. The summed E-state index contributed by atoms with van der Waals surface area (Å²) in [7, 11) is 0. The average molecular weight is 279 g/mol. The van der Waals surface area contributed by atoms with E-state index in [9.17, 15) is 28.6 Å². The van der Waals surface area contributed by atoms with Crippen molar-refractivity contribution in [1.82, 2.24) is 5.06 Å². The predicted octanol–water partition coefficient (Wildman–Crippen LogP) is -1.20. The fourth-order valence-corrected chi connectivity index (χ4v) is 1.90. The lowest BCUT2D eigenvalue weighted by molar-refractivity contribution is -0.300. The third-order valence-electron chi connectivity index (χ3n) is 2.88. The molecule has 2 heterocycles. The molecule has 0 aliphatic carbocycles. The number of hydrogen-bond acceptors (Lipinski definition) is 7. The number of carbonyl (C=O) groups excluding carboxylic acids is 2. The van der Waals surface area contributed by atoms with Crippen LogP contribution in [0.5, 0.6) is 0 Å². The maximum absolute atomic E-state index is 12.7. The van der Waals surface area contributed by atoms with E-state index in [0.717, 1.165) is 12.2 Å². The molecule has 0 spiro atoms. The summed E-state index contributed by atoms with van der Waals surface area (Å²) in [6, 6.07) is 0. The maximum atomic E-state index is 12.7. The molecule has 0 saturated carbocycles. The first kappa shape index (κ1) is 13.8. The number of aliphatic hydroxyl groups is 2. The van der Waals surface area contributed by atoms with Crippen LogP contribution in [0.25, 0.3) is 0 Å². The number of hydroxylamine groups is 2. The van der Waals surface area contributed by atoms with Crippen molar-refractivity contribution < 1.29 is 38.2 Å². The number of piperidine rings is 1. The van der Waals surface area contributed by atoms with Crippen LogP contribution in [0.3, 0.4) is 0 Å². The van der Waals surface area contributed by atoms with Gasteiger partial charge in [-0.1, -0.05) is 5.06 Å². The Bertz CT molecular complexity index is 415. The highest BCUT2D eigenvalue weighted by molar-refractivity contribution is 5.92. The van der Waals surface area contributed by atoms with Gasteiger partial charge in [0.05, 0.1) is 18.6 Å². The number of halogens is 2. The highest BCUT2D eigenvalue weighted by Crippen LogP contribution is 2.29. The zero-order chi connectivity index (χ0) is 14.2. The van der Waals surface area contributed by atoms with Crippen molar-refractivity contribution in [3.05, 3.63) is 12.2 Å². The number of carbonyl (C=O) groups is 2. The van der Waals surface area contributed by atoms with E-state index in [1.54, 1.807) is 0 Å². The first-order valence-electron chi connectivity index (χ1n) is 5.41. The smallest absolute Gasteiger partial charge is 0.350 e. The SMILES string of the molecule is O=C1/C=C/C(=O)ON2C[C@H](C(F)F)[C@@H](O)[C@@H](O)C2O1. The zero-order valence-corrected chi connectivity index (χ0v) is 9.48. The van der Waals surface area contributed by atoms with Crippen molar-refractivity contribution in [1.29, 1.82) is 0 Å². The molecule has 2 aliphatic heterocycles. The monoisotopic (exact) mass is 279 g/mol. The molecule has 0 aromatic rings. The molecule has 0 amide bonds. The summed E-state index contributed by atoms with van der Waals surface area (Å²) in [5.74, 6) is -3.53. The Morgan fingerprint density at radius 2 is 1.84 bits per heavy atom. The van der Waals surface area contributed by atoms with Gasteiger partial charge in [0.25, 0.3) is 0 Å². The van der Waals surface area contributed by atoms with Crippen LogP contribution in [0.15, 0.2) is 12.2 Å². The van der Waals surface area contributed by atoms with Gasteiger partial charge in [-0.25, -0.2) is 18.4 Å². The highest BCUT2D eigenvalue weighted by Gasteiger charge is 2.49. The van der Waals surface area contributed by atoms with E-state index >= 15 is 0 Å². The summed E-state index contributed by atoms with van der Waals surface area (Å²) in [5, 5.41) is 19.9. The molecule has 2 rings (SSSR count). The Hall–Kier alpha value is -1.58. The molecule has 2 aliphatic rings. The van der Waals surface area contributed by atoms with Crippen molar-refractivity contribution in [2.45, 2.75) is 24.9 Å². The van der Waals surface area contributed by atoms with Gasteiger partial charge in [-0.05, 0) is 0 Å². The molecule has 9 heteroatoms. The summed E-state index contributed by atoms with van der Waals surface area (Å²) in [6.07, 6.45) is -6.51. The van der Waals surface area contributed by atoms with Crippen LogP contribution in [0.2, 0.25) is 0 Å². The van der Waals surface area contributed by atoms with E-state index in [4.69, 9.17) is 4.74 Å². The Labute approximate surface area is 106 Å². The number of aliphatic hydroxyl groups excluding tert-OH is 2. The predicted molar refractivity (Wildman–Crippen MR) is 53.3 cm³/mol. The van der Waals surface area contributed by atoms with Crippen LogP contribution in [0.1, 0.15) is 0 Å². The number of nitrogens with zero attached hydrogens (tertiary/aromatic N) is 1. The molecule has 4 atom stereocenters. The van der Waals surface area contributed by atoms with Crippen molar-refractivity contribution in [2.75, 3.05) is 6.54 Å². The number of rotatable bonds is 1. The fourth-order valence-electron chi connectivity index (χ4n) is 1.90. The number of ether oxygens (including phenoxy) is 1. The normalized spacial score (nSPS) is 37.9. The zero-order valence-electron chi connectivity index (χ0n) is 9.48. The Morgan fingerprint density at radius 3 is 2.47 bits per heavy atom. The van der Waals surface area contributed by atoms with Gasteiger partial charge >= 0.3 is 11.9 Å². The quantitative estimate of drug-likeness (QED) is 0.582. The van der Waals surface area contributed by atoms with Crippen LogP contribution in [-0.2, 0) is 19.2 Å². The molecule has 106 valence electrons. The van der Waals surface area contributed by atoms with Crippen molar-refractivity contribution >= 4 is 11.9 Å². The number of fused-ring (bicyclic) bond motifs is 1. The van der Waals surface area contributed by atoms with Crippen LogP contribution in [-0.4, -0.2) is 58.6 Å². The lowest BCUT2D eigenvalue weighted by atomic mass is 9.92. The molecular formula is C10H11F2NO6. The molecular weight excluding hydrogens is 268 g/mol. The minimum Gasteiger partial charge on any atom is -0.437 e. The van der Waals surface area contributed by atoms with Crippen molar-refractivity contribution in [2.24, 2.45) is 5.92 Å². The van der Waals surface area contributed by atoms with Gasteiger partial charge in [-0.2, -0.15) is 0 Å². The molecule has 0 aromatic carbocycles. The third kappa shape index (κ3) is 2.72. The summed E-state index contributed by atoms with van der Waals surface area (Å²) >= 11 is 0. The summed E-state index contributed by atoms with van der Waals surface area (Å²) in [5.41, 5.74) is 0. The molecule has 0 bridgehead atoms. The standard InChI is InChI=1S/C10H11F2NO6/c11-9(12)4-3-13-10(8(17)7(4)16)18-5(14)1-2-6(15)19-13/h1-2,4,7-10,16-17H,3H2/b2-1+/t4-,7+,8+,10?/m0/s1. The minimum absolute atomic E-state index is 0.562. The van der Waals surface area contributed by atoms with Crippen molar-refractivity contribution in [3.63, 3.8) is 0 Å². The highest BCUT2D eigenvalue weighted by atomic mass is 19.3. The van der Waals surface area contributed by atoms with E-state index in [1.165, 1.54) is 0 Å². The third-order valence-corrected chi connectivity index (χ3v) is 2.88. The summed E-state index contributed by atoms with van der Waals surface area (Å²) in [6.45, 7) is -0.562. The fraction of sp³-hybridized carbons (Fsp3) is 0.600. The molecule has 7 nitrogen and oxygen atoms in total. The molecule has 2 N–H and O–H groups in total. The number of hydrogen-bond donors (Lipinski definition) is 2. The van der Waals surface area contributed by atoms with Crippen molar-refractivity contribution in [3.8, 4) is 0 Å². The molecule has 1 unspecified atom stereocenters. The minimum atomic E-state index is -2.93. The van der Waals surface area contributed by atoms with Gasteiger partial charge in [0.15, 0.2) is 0 Å². The lowest BCUT2D eigenvalue weighted by Gasteiger charge is -2.42. The van der Waals surface area contributed by atoms with E-state index in [2.05, 4.69) is 4.84 Å². The maximum Gasteiger partial charge on any atom is 0.350 e. The van der Waals surface area contributed by atoms with Gasteiger partial charge in [0, 0.05) is 12.2 Å². The van der Waals surface area contributed by atoms with Gasteiger partial charge in [0.1, 0.15) is 6.10 Å². The molecule has 1 saturated heterocycles. The van der Waals surface area contributed by atoms with Gasteiger partial charge in [0.2, 0.25) is 12.7 Å². The van der Waals surface area contributed by atoms with Crippen LogP contribution >= 0.6 is 0 Å². The largest absolute Gasteiger partial charge is 0.437 e. The topological polar surface area (TPSA) is 96.3 Å².